The lowest BCUT2D eigenvalue weighted by atomic mass is 9.91. The maximum absolute atomic E-state index is 5.83. The van der Waals surface area contributed by atoms with Crippen LogP contribution >= 0.6 is 0 Å². The highest BCUT2D eigenvalue weighted by Gasteiger charge is 2.19. The molecule has 124 valence electrons. The fraction of sp³-hybridized carbons (Fsp3) is 0.500. The van der Waals surface area contributed by atoms with E-state index >= 15 is 0 Å². The van der Waals surface area contributed by atoms with Crippen LogP contribution in [0.5, 0.6) is 11.5 Å². The third-order valence-corrected chi connectivity index (χ3v) is 4.41. The summed E-state index contributed by atoms with van der Waals surface area (Å²) in [6.45, 7) is 5.63. The Morgan fingerprint density at radius 3 is 2.70 bits per heavy atom. The summed E-state index contributed by atoms with van der Waals surface area (Å²) in [5.41, 5.74) is 2.54. The summed E-state index contributed by atoms with van der Waals surface area (Å²) in [5, 5.41) is 8.06. The monoisotopic (exact) mass is 315 g/mol. The summed E-state index contributed by atoms with van der Waals surface area (Å²) >= 11 is 0. The molecule has 1 aromatic carbocycles. The van der Waals surface area contributed by atoms with Crippen LogP contribution in [0.4, 0.5) is 0 Å². The smallest absolute Gasteiger partial charge is 0.161 e. The fourth-order valence-electron chi connectivity index (χ4n) is 3.17. The van der Waals surface area contributed by atoms with Crippen LogP contribution in [-0.4, -0.2) is 36.6 Å². The zero-order valence-electron chi connectivity index (χ0n) is 13.9. The number of methoxy groups -OCH3 is 1. The molecule has 1 aliphatic heterocycles. The van der Waals surface area contributed by atoms with Crippen molar-refractivity contribution < 1.29 is 9.47 Å². The highest BCUT2D eigenvalue weighted by Crippen LogP contribution is 2.28. The number of aryl methyl sites for hydroxylation is 1. The average Bonchev–Trinajstić information content (AvgIpc) is 2.97. The number of hydrogen-bond donors (Lipinski definition) is 1. The molecule has 5 nitrogen and oxygen atoms in total. The Morgan fingerprint density at radius 2 is 1.96 bits per heavy atom. The SMILES string of the molecule is COc1ccccc1OCCn1cc(C2CCNCC2)c(C)n1. The Hall–Kier alpha value is -2.01. The lowest BCUT2D eigenvalue weighted by Crippen LogP contribution is -2.26. The minimum absolute atomic E-state index is 0.577. The largest absolute Gasteiger partial charge is 0.493 e. The standard InChI is InChI=1S/C18H25N3O2/c1-14-16(15-7-9-19-10-8-15)13-21(20-14)11-12-23-18-6-4-3-5-17(18)22-2/h3-6,13,15,19H,7-12H2,1-2H3. The summed E-state index contributed by atoms with van der Waals surface area (Å²) in [7, 11) is 1.66. The van der Waals surface area contributed by atoms with Gasteiger partial charge in [0.05, 0.1) is 19.3 Å². The van der Waals surface area contributed by atoms with E-state index in [4.69, 9.17) is 9.47 Å². The van der Waals surface area contributed by atoms with Crippen molar-refractivity contribution in [2.75, 3.05) is 26.8 Å². The van der Waals surface area contributed by atoms with Crippen molar-refractivity contribution in [3.63, 3.8) is 0 Å². The molecule has 1 fully saturated rings. The number of nitrogens with zero attached hydrogens (tertiary/aromatic N) is 2. The molecule has 5 heteroatoms. The zero-order chi connectivity index (χ0) is 16.1. The Kier molecular flexibility index (Phi) is 5.18. The van der Waals surface area contributed by atoms with Gasteiger partial charge < -0.3 is 14.8 Å². The summed E-state index contributed by atoms with van der Waals surface area (Å²) in [5.74, 6) is 2.18. The van der Waals surface area contributed by atoms with Crippen LogP contribution in [0.3, 0.4) is 0 Å². The number of rotatable bonds is 6. The van der Waals surface area contributed by atoms with Crippen LogP contribution in [0.2, 0.25) is 0 Å². The zero-order valence-corrected chi connectivity index (χ0v) is 13.9. The second kappa shape index (κ2) is 7.51. The molecule has 0 amide bonds. The second-order valence-electron chi connectivity index (χ2n) is 5.96. The molecule has 0 bridgehead atoms. The van der Waals surface area contributed by atoms with E-state index in [1.807, 2.05) is 28.9 Å². The Labute approximate surface area is 137 Å². The minimum atomic E-state index is 0.577. The molecular formula is C18H25N3O2. The molecule has 0 unspecified atom stereocenters. The van der Waals surface area contributed by atoms with E-state index in [0.717, 1.165) is 36.8 Å². The Morgan fingerprint density at radius 1 is 1.22 bits per heavy atom. The molecule has 23 heavy (non-hydrogen) atoms. The maximum Gasteiger partial charge on any atom is 0.161 e. The van der Waals surface area contributed by atoms with Gasteiger partial charge in [-0.25, -0.2) is 0 Å². The van der Waals surface area contributed by atoms with Gasteiger partial charge in [0.25, 0.3) is 0 Å². The number of aromatic nitrogens is 2. The first kappa shape index (κ1) is 15.9. The van der Waals surface area contributed by atoms with Crippen LogP contribution in [0, 0.1) is 6.92 Å². The van der Waals surface area contributed by atoms with Crippen molar-refractivity contribution in [2.45, 2.75) is 32.2 Å². The fourth-order valence-corrected chi connectivity index (χ4v) is 3.17. The normalized spacial score (nSPS) is 15.6. The van der Waals surface area contributed by atoms with Gasteiger partial charge in [-0.15, -0.1) is 0 Å². The third kappa shape index (κ3) is 3.85. The van der Waals surface area contributed by atoms with Gasteiger partial charge in [-0.1, -0.05) is 12.1 Å². The van der Waals surface area contributed by atoms with Crippen LogP contribution in [0.25, 0.3) is 0 Å². The van der Waals surface area contributed by atoms with Crippen LogP contribution in [-0.2, 0) is 6.54 Å². The summed E-state index contributed by atoms with van der Waals surface area (Å²) in [6, 6.07) is 7.72. The number of hydrogen-bond acceptors (Lipinski definition) is 4. The Balaban J connectivity index is 1.58. The Bertz CT molecular complexity index is 633. The topological polar surface area (TPSA) is 48.3 Å². The van der Waals surface area contributed by atoms with Gasteiger partial charge in [0.2, 0.25) is 0 Å². The van der Waals surface area contributed by atoms with E-state index < -0.39 is 0 Å². The van der Waals surface area contributed by atoms with Gasteiger partial charge in [0, 0.05) is 6.20 Å². The number of nitrogens with one attached hydrogen (secondary N) is 1. The van der Waals surface area contributed by atoms with Crippen molar-refractivity contribution in [1.29, 1.82) is 0 Å². The molecule has 0 aliphatic carbocycles. The van der Waals surface area contributed by atoms with E-state index in [9.17, 15) is 0 Å². The van der Waals surface area contributed by atoms with E-state index in [-0.39, 0.29) is 0 Å². The lowest BCUT2D eigenvalue weighted by molar-refractivity contribution is 0.274. The molecule has 1 saturated heterocycles. The lowest BCUT2D eigenvalue weighted by Gasteiger charge is -2.22. The van der Waals surface area contributed by atoms with Crippen molar-refractivity contribution in [3.05, 3.63) is 41.7 Å². The summed E-state index contributed by atoms with van der Waals surface area (Å²) in [6.07, 6.45) is 4.59. The maximum atomic E-state index is 5.83. The molecular weight excluding hydrogens is 290 g/mol. The van der Waals surface area contributed by atoms with E-state index in [0.29, 0.717) is 12.5 Å². The molecule has 1 N–H and O–H groups in total. The van der Waals surface area contributed by atoms with E-state index in [1.54, 1.807) is 7.11 Å². The van der Waals surface area contributed by atoms with Crippen molar-refractivity contribution in [3.8, 4) is 11.5 Å². The average molecular weight is 315 g/mol. The first-order chi connectivity index (χ1) is 11.3. The number of para-hydroxylation sites is 2. The first-order valence-corrected chi connectivity index (χ1v) is 8.28. The molecule has 0 saturated carbocycles. The van der Waals surface area contributed by atoms with Crippen molar-refractivity contribution >= 4 is 0 Å². The minimum Gasteiger partial charge on any atom is -0.493 e. The van der Waals surface area contributed by atoms with Crippen molar-refractivity contribution in [2.24, 2.45) is 0 Å². The second-order valence-corrected chi connectivity index (χ2v) is 5.96. The van der Waals surface area contributed by atoms with Crippen LogP contribution in [0.15, 0.2) is 30.5 Å². The van der Waals surface area contributed by atoms with Gasteiger partial charge in [-0.05, 0) is 56.5 Å². The summed E-state index contributed by atoms with van der Waals surface area (Å²) in [4.78, 5) is 0. The molecule has 0 radical (unpaired) electrons. The van der Waals surface area contributed by atoms with Crippen LogP contribution < -0.4 is 14.8 Å². The number of benzene rings is 1. The van der Waals surface area contributed by atoms with E-state index in [1.165, 1.54) is 18.4 Å². The number of piperidine rings is 1. The van der Waals surface area contributed by atoms with Gasteiger partial charge in [-0.3, -0.25) is 4.68 Å². The molecule has 2 aromatic rings. The predicted molar refractivity (Wildman–Crippen MR) is 90.3 cm³/mol. The molecule has 2 heterocycles. The summed E-state index contributed by atoms with van der Waals surface area (Å²) < 4.78 is 13.1. The molecule has 1 aromatic heterocycles. The van der Waals surface area contributed by atoms with Gasteiger partial charge >= 0.3 is 0 Å². The third-order valence-electron chi connectivity index (χ3n) is 4.41. The molecule has 0 spiro atoms. The highest BCUT2D eigenvalue weighted by atomic mass is 16.5. The molecule has 3 rings (SSSR count). The molecule has 0 atom stereocenters. The first-order valence-electron chi connectivity index (χ1n) is 8.28. The molecule has 1 aliphatic rings. The van der Waals surface area contributed by atoms with E-state index in [2.05, 4.69) is 23.5 Å². The highest BCUT2D eigenvalue weighted by molar-refractivity contribution is 5.39. The number of ether oxygens (including phenoxy) is 2. The quantitative estimate of drug-likeness (QED) is 0.890. The van der Waals surface area contributed by atoms with Gasteiger partial charge in [0.15, 0.2) is 11.5 Å². The van der Waals surface area contributed by atoms with Crippen LogP contribution in [0.1, 0.15) is 30.0 Å². The predicted octanol–water partition coefficient (Wildman–Crippen LogP) is 2.75. The van der Waals surface area contributed by atoms with Crippen molar-refractivity contribution in [1.82, 2.24) is 15.1 Å². The van der Waals surface area contributed by atoms with Gasteiger partial charge in [0.1, 0.15) is 6.61 Å². The van der Waals surface area contributed by atoms with Gasteiger partial charge in [-0.2, -0.15) is 5.10 Å².